The van der Waals surface area contributed by atoms with Crippen molar-refractivity contribution in [2.24, 2.45) is 11.3 Å². The van der Waals surface area contributed by atoms with Crippen molar-refractivity contribution in [1.82, 2.24) is 5.32 Å². The van der Waals surface area contributed by atoms with E-state index in [1.165, 1.54) is 0 Å². The first-order valence-corrected chi connectivity index (χ1v) is 4.83. The molecule has 0 bridgehead atoms. The molecule has 13 heavy (non-hydrogen) atoms. The van der Waals surface area contributed by atoms with Crippen LogP contribution in [0.2, 0.25) is 0 Å². The van der Waals surface area contributed by atoms with Gasteiger partial charge in [0, 0.05) is 18.6 Å². The molecule has 0 saturated carbocycles. The summed E-state index contributed by atoms with van der Waals surface area (Å²) in [6.07, 6.45) is 0.718. The van der Waals surface area contributed by atoms with Crippen LogP contribution in [-0.2, 0) is 4.79 Å². The normalized spacial score (nSPS) is 13.9. The molecule has 0 aromatic heterocycles. The zero-order valence-electron chi connectivity index (χ0n) is 9.05. The Hall–Kier alpha value is -0.570. The Morgan fingerprint density at radius 2 is 2.08 bits per heavy atom. The van der Waals surface area contributed by atoms with Gasteiger partial charge in [-0.05, 0) is 19.3 Å². The third kappa shape index (κ3) is 4.27. The molecule has 0 aromatic carbocycles. The number of rotatable bonds is 5. The van der Waals surface area contributed by atoms with E-state index in [9.17, 15) is 4.79 Å². The lowest BCUT2D eigenvalue weighted by Gasteiger charge is -2.25. The Balaban J connectivity index is 4.13. The third-order valence-corrected chi connectivity index (χ3v) is 2.12. The summed E-state index contributed by atoms with van der Waals surface area (Å²) >= 11 is 0. The summed E-state index contributed by atoms with van der Waals surface area (Å²) in [5.41, 5.74) is -0.377. The van der Waals surface area contributed by atoms with Crippen LogP contribution in [0.3, 0.4) is 0 Å². The van der Waals surface area contributed by atoms with E-state index in [2.05, 4.69) is 5.32 Å². The number of amides is 1. The van der Waals surface area contributed by atoms with E-state index >= 15 is 0 Å². The van der Waals surface area contributed by atoms with Crippen molar-refractivity contribution in [3.05, 3.63) is 0 Å². The highest BCUT2D eigenvalue weighted by Crippen LogP contribution is 2.25. The summed E-state index contributed by atoms with van der Waals surface area (Å²) < 4.78 is 0. The van der Waals surface area contributed by atoms with E-state index in [4.69, 9.17) is 5.11 Å². The van der Waals surface area contributed by atoms with Crippen LogP contribution in [0.5, 0.6) is 0 Å². The minimum absolute atomic E-state index is 0.0651. The van der Waals surface area contributed by atoms with E-state index in [1.807, 2.05) is 27.7 Å². The quantitative estimate of drug-likeness (QED) is 0.678. The maximum Gasteiger partial charge on any atom is 0.225 e. The SMILES string of the molecule is CCNC(=O)C(C)(C)CC(C)CO. The van der Waals surface area contributed by atoms with Crippen LogP contribution in [0.25, 0.3) is 0 Å². The van der Waals surface area contributed by atoms with Gasteiger partial charge in [-0.25, -0.2) is 0 Å². The molecule has 0 aromatic rings. The molecule has 0 heterocycles. The van der Waals surface area contributed by atoms with Gasteiger partial charge in [0.25, 0.3) is 0 Å². The highest BCUT2D eigenvalue weighted by atomic mass is 16.3. The molecular weight excluding hydrogens is 166 g/mol. The Kier molecular flexibility index (Phi) is 4.99. The maximum atomic E-state index is 11.5. The smallest absolute Gasteiger partial charge is 0.225 e. The van der Waals surface area contributed by atoms with Crippen LogP contribution in [0, 0.1) is 11.3 Å². The summed E-state index contributed by atoms with van der Waals surface area (Å²) in [5, 5.41) is 11.7. The standard InChI is InChI=1S/C10H21NO2/c1-5-11-9(13)10(3,4)6-8(2)7-12/h8,12H,5-7H2,1-4H3,(H,11,13). The van der Waals surface area contributed by atoms with Crippen LogP contribution in [0.4, 0.5) is 0 Å². The summed E-state index contributed by atoms with van der Waals surface area (Å²) in [4.78, 5) is 11.5. The van der Waals surface area contributed by atoms with E-state index < -0.39 is 0 Å². The van der Waals surface area contributed by atoms with Gasteiger partial charge in [-0.1, -0.05) is 20.8 Å². The lowest BCUT2D eigenvalue weighted by Crippen LogP contribution is -2.38. The van der Waals surface area contributed by atoms with Crippen molar-refractivity contribution in [3.8, 4) is 0 Å². The van der Waals surface area contributed by atoms with Gasteiger partial charge in [-0.15, -0.1) is 0 Å². The minimum atomic E-state index is -0.377. The fourth-order valence-electron chi connectivity index (χ4n) is 1.43. The summed E-state index contributed by atoms with van der Waals surface area (Å²) in [7, 11) is 0. The van der Waals surface area contributed by atoms with Crippen LogP contribution in [-0.4, -0.2) is 24.2 Å². The molecule has 1 atom stereocenters. The second-order valence-corrected chi connectivity index (χ2v) is 4.24. The zero-order chi connectivity index (χ0) is 10.5. The van der Waals surface area contributed by atoms with Crippen molar-refractivity contribution in [2.75, 3.05) is 13.2 Å². The predicted molar refractivity (Wildman–Crippen MR) is 53.3 cm³/mol. The molecule has 0 radical (unpaired) electrons. The molecular formula is C10H21NO2. The highest BCUT2D eigenvalue weighted by molar-refractivity contribution is 5.81. The summed E-state index contributed by atoms with van der Waals surface area (Å²) in [6, 6.07) is 0. The van der Waals surface area contributed by atoms with Crippen molar-refractivity contribution in [3.63, 3.8) is 0 Å². The fourth-order valence-corrected chi connectivity index (χ4v) is 1.43. The summed E-state index contributed by atoms with van der Waals surface area (Å²) in [6.45, 7) is 8.47. The van der Waals surface area contributed by atoms with Gasteiger partial charge in [0.05, 0.1) is 0 Å². The number of carbonyl (C=O) groups is 1. The first-order chi connectivity index (χ1) is 5.94. The molecule has 2 N–H and O–H groups in total. The molecule has 1 amide bonds. The second kappa shape index (κ2) is 5.22. The number of hydrogen-bond donors (Lipinski definition) is 2. The van der Waals surface area contributed by atoms with Crippen LogP contribution >= 0.6 is 0 Å². The zero-order valence-corrected chi connectivity index (χ0v) is 9.05. The van der Waals surface area contributed by atoms with Crippen molar-refractivity contribution in [2.45, 2.75) is 34.1 Å². The fraction of sp³-hybridized carbons (Fsp3) is 0.900. The molecule has 0 aliphatic carbocycles. The molecule has 3 nitrogen and oxygen atoms in total. The molecule has 78 valence electrons. The molecule has 0 spiro atoms. The highest BCUT2D eigenvalue weighted by Gasteiger charge is 2.28. The Morgan fingerprint density at radius 1 is 1.54 bits per heavy atom. The van der Waals surface area contributed by atoms with Crippen molar-refractivity contribution < 1.29 is 9.90 Å². The topological polar surface area (TPSA) is 49.3 Å². The van der Waals surface area contributed by atoms with Gasteiger partial charge in [0.15, 0.2) is 0 Å². The molecule has 0 saturated heterocycles. The first kappa shape index (κ1) is 12.4. The van der Waals surface area contributed by atoms with Gasteiger partial charge >= 0.3 is 0 Å². The van der Waals surface area contributed by atoms with Crippen molar-refractivity contribution >= 4 is 5.91 Å². The van der Waals surface area contributed by atoms with Crippen LogP contribution in [0.15, 0.2) is 0 Å². The largest absolute Gasteiger partial charge is 0.396 e. The molecule has 1 unspecified atom stereocenters. The van der Waals surface area contributed by atoms with Crippen molar-refractivity contribution in [1.29, 1.82) is 0 Å². The van der Waals surface area contributed by atoms with Gasteiger partial charge in [0.1, 0.15) is 0 Å². The molecule has 0 aliphatic rings. The number of aliphatic hydroxyl groups excluding tert-OH is 1. The lowest BCUT2D eigenvalue weighted by molar-refractivity contribution is -0.130. The van der Waals surface area contributed by atoms with E-state index in [0.717, 1.165) is 6.42 Å². The van der Waals surface area contributed by atoms with Gasteiger partial charge in [0.2, 0.25) is 5.91 Å². The maximum absolute atomic E-state index is 11.5. The predicted octanol–water partition coefficient (Wildman–Crippen LogP) is 1.17. The Morgan fingerprint density at radius 3 is 2.46 bits per heavy atom. The average Bonchev–Trinajstić information content (AvgIpc) is 2.04. The van der Waals surface area contributed by atoms with E-state index in [0.29, 0.717) is 6.54 Å². The van der Waals surface area contributed by atoms with E-state index in [-0.39, 0.29) is 23.8 Å². The monoisotopic (exact) mass is 187 g/mol. The van der Waals surface area contributed by atoms with Gasteiger partial charge in [-0.2, -0.15) is 0 Å². The van der Waals surface area contributed by atoms with E-state index in [1.54, 1.807) is 0 Å². The molecule has 0 fully saturated rings. The first-order valence-electron chi connectivity index (χ1n) is 4.83. The van der Waals surface area contributed by atoms with Crippen LogP contribution < -0.4 is 5.32 Å². The van der Waals surface area contributed by atoms with Gasteiger partial charge in [-0.3, -0.25) is 4.79 Å². The second-order valence-electron chi connectivity index (χ2n) is 4.24. The Bertz CT molecular complexity index is 166. The number of aliphatic hydroxyl groups is 1. The Labute approximate surface area is 80.5 Å². The number of carbonyl (C=O) groups excluding carboxylic acids is 1. The molecule has 3 heteroatoms. The summed E-state index contributed by atoms with van der Waals surface area (Å²) in [5.74, 6) is 0.243. The third-order valence-electron chi connectivity index (χ3n) is 2.12. The number of nitrogens with one attached hydrogen (secondary N) is 1. The minimum Gasteiger partial charge on any atom is -0.396 e. The van der Waals surface area contributed by atoms with Crippen LogP contribution in [0.1, 0.15) is 34.1 Å². The molecule has 0 aliphatic heterocycles. The lowest BCUT2D eigenvalue weighted by atomic mass is 9.83. The van der Waals surface area contributed by atoms with Gasteiger partial charge < -0.3 is 10.4 Å². The average molecular weight is 187 g/mol. The molecule has 0 rings (SSSR count). The number of hydrogen-bond acceptors (Lipinski definition) is 2.